The molecule has 0 saturated carbocycles. The van der Waals surface area contributed by atoms with E-state index in [1.54, 1.807) is 19.1 Å². The molecule has 0 spiro atoms. The summed E-state index contributed by atoms with van der Waals surface area (Å²) < 4.78 is 13.2. The molecule has 0 bridgehead atoms. The number of carbonyl (C=O) groups excluding carboxylic acids is 1. The Kier molecular flexibility index (Phi) is 5.78. The average molecular weight is 440 g/mol. The van der Waals surface area contributed by atoms with E-state index < -0.39 is 0 Å². The van der Waals surface area contributed by atoms with E-state index in [2.05, 4.69) is 4.98 Å². The maximum absolute atomic E-state index is 13.0. The van der Waals surface area contributed by atoms with Crippen LogP contribution in [0.2, 0.25) is 0 Å². The molecule has 3 aromatic rings. The predicted molar refractivity (Wildman–Crippen MR) is 124 cm³/mol. The Bertz CT molecular complexity index is 1170. The van der Waals surface area contributed by atoms with Crippen LogP contribution in [-0.2, 0) is 18.3 Å². The fourth-order valence-corrected chi connectivity index (χ4v) is 4.66. The van der Waals surface area contributed by atoms with Crippen LogP contribution in [0.15, 0.2) is 47.4 Å². The smallest absolute Gasteiger partial charge is 0.266 e. The number of imidazole rings is 1. The van der Waals surface area contributed by atoms with Crippen molar-refractivity contribution in [3.8, 4) is 11.5 Å². The minimum absolute atomic E-state index is 0.0856. The molecule has 1 aliphatic rings. The van der Waals surface area contributed by atoms with E-state index in [-0.39, 0.29) is 5.91 Å². The van der Waals surface area contributed by atoms with Gasteiger partial charge in [-0.2, -0.15) is 0 Å². The van der Waals surface area contributed by atoms with Crippen molar-refractivity contribution in [3.05, 3.63) is 58.8 Å². The van der Waals surface area contributed by atoms with Crippen molar-refractivity contribution in [2.24, 2.45) is 7.05 Å². The molecule has 0 radical (unpaired) electrons. The lowest BCUT2D eigenvalue weighted by molar-refractivity contribution is -0.122. The lowest BCUT2D eigenvalue weighted by Crippen LogP contribution is -2.30. The largest absolute Gasteiger partial charge is 0.493 e. The second kappa shape index (κ2) is 8.49. The van der Waals surface area contributed by atoms with E-state index in [1.165, 1.54) is 11.8 Å². The zero-order valence-corrected chi connectivity index (χ0v) is 18.5. The second-order valence-electron chi connectivity index (χ2n) is 6.79. The number of carbonyl (C=O) groups is 1. The van der Waals surface area contributed by atoms with Gasteiger partial charge in [-0.15, -0.1) is 0 Å². The zero-order chi connectivity index (χ0) is 21.3. The summed E-state index contributed by atoms with van der Waals surface area (Å²) in [7, 11) is 5.16. The van der Waals surface area contributed by atoms with Crippen molar-refractivity contribution >= 4 is 51.3 Å². The van der Waals surface area contributed by atoms with Gasteiger partial charge in [0.1, 0.15) is 10.1 Å². The zero-order valence-electron chi connectivity index (χ0n) is 16.9. The van der Waals surface area contributed by atoms with E-state index in [9.17, 15) is 4.79 Å². The quantitative estimate of drug-likeness (QED) is 0.427. The fourth-order valence-electron chi connectivity index (χ4n) is 3.38. The topological polar surface area (TPSA) is 56.6 Å². The van der Waals surface area contributed by atoms with Crippen LogP contribution < -0.4 is 9.47 Å². The van der Waals surface area contributed by atoms with Gasteiger partial charge in [0.2, 0.25) is 0 Å². The number of hydrogen-bond donors (Lipinski definition) is 0. The van der Waals surface area contributed by atoms with Gasteiger partial charge in [-0.05, 0) is 36.2 Å². The predicted octanol–water partition coefficient (Wildman–Crippen LogP) is 4.03. The summed E-state index contributed by atoms with van der Waals surface area (Å²) in [5, 5.41) is 0. The Morgan fingerprint density at radius 1 is 1.13 bits per heavy atom. The van der Waals surface area contributed by atoms with E-state index in [0.717, 1.165) is 22.4 Å². The number of aryl methyl sites for hydroxylation is 1. The minimum atomic E-state index is -0.0856. The van der Waals surface area contributed by atoms with E-state index in [4.69, 9.17) is 21.7 Å². The van der Waals surface area contributed by atoms with Gasteiger partial charge in [0.25, 0.3) is 5.91 Å². The summed E-state index contributed by atoms with van der Waals surface area (Å²) in [6.07, 6.45) is 2.47. The Balaban J connectivity index is 1.51. The number of hydrogen-bond acceptors (Lipinski definition) is 6. The number of thiocarbonyl (C=S) groups is 1. The van der Waals surface area contributed by atoms with Crippen molar-refractivity contribution in [2.75, 3.05) is 20.8 Å². The van der Waals surface area contributed by atoms with E-state index >= 15 is 0 Å². The van der Waals surface area contributed by atoms with Crippen LogP contribution in [0.4, 0.5) is 0 Å². The highest BCUT2D eigenvalue weighted by Gasteiger charge is 2.32. The van der Waals surface area contributed by atoms with Crippen LogP contribution >= 0.6 is 24.0 Å². The molecule has 1 fully saturated rings. The van der Waals surface area contributed by atoms with Crippen molar-refractivity contribution < 1.29 is 14.3 Å². The molecule has 1 saturated heterocycles. The van der Waals surface area contributed by atoms with Crippen LogP contribution in [0, 0.1) is 0 Å². The monoisotopic (exact) mass is 439 g/mol. The summed E-state index contributed by atoms with van der Waals surface area (Å²) in [5.41, 5.74) is 2.96. The molecule has 1 amide bonds. The molecule has 0 aliphatic carbocycles. The normalized spacial score (nSPS) is 15.4. The summed E-state index contributed by atoms with van der Waals surface area (Å²) in [6.45, 7) is 0.500. The highest BCUT2D eigenvalue weighted by molar-refractivity contribution is 8.26. The summed E-state index contributed by atoms with van der Waals surface area (Å²) in [5.74, 6) is 1.99. The molecule has 8 heteroatoms. The van der Waals surface area contributed by atoms with E-state index in [0.29, 0.717) is 33.7 Å². The Morgan fingerprint density at radius 2 is 1.90 bits per heavy atom. The van der Waals surface area contributed by atoms with Gasteiger partial charge in [-0.25, -0.2) is 4.98 Å². The van der Waals surface area contributed by atoms with Gasteiger partial charge in [-0.3, -0.25) is 9.69 Å². The first-order chi connectivity index (χ1) is 14.5. The molecule has 154 valence electrons. The summed E-state index contributed by atoms with van der Waals surface area (Å²) >= 11 is 6.78. The highest BCUT2D eigenvalue weighted by Crippen LogP contribution is 2.33. The van der Waals surface area contributed by atoms with Crippen molar-refractivity contribution in [2.45, 2.75) is 6.42 Å². The van der Waals surface area contributed by atoms with E-state index in [1.807, 2.05) is 60.2 Å². The first-order valence-electron chi connectivity index (χ1n) is 9.39. The number of methoxy groups -OCH3 is 2. The molecule has 4 rings (SSSR count). The Labute approximate surface area is 184 Å². The van der Waals surface area contributed by atoms with Crippen LogP contribution in [0.25, 0.3) is 17.1 Å². The molecule has 2 heterocycles. The SMILES string of the molecule is COc1ccc(CCN2C(=O)C(=Cc3nc4ccccc4n3C)SC2=S)cc1OC. The third-order valence-electron chi connectivity index (χ3n) is 5.03. The molecule has 0 atom stereocenters. The second-order valence-corrected chi connectivity index (χ2v) is 8.47. The first kappa shape index (κ1) is 20.4. The van der Waals surface area contributed by atoms with Gasteiger partial charge in [0.05, 0.1) is 30.2 Å². The average Bonchev–Trinajstić information content (AvgIpc) is 3.22. The maximum atomic E-state index is 13.0. The first-order valence-corrected chi connectivity index (χ1v) is 10.6. The van der Waals surface area contributed by atoms with Crippen LogP contribution in [0.3, 0.4) is 0 Å². The maximum Gasteiger partial charge on any atom is 0.266 e. The van der Waals surface area contributed by atoms with Crippen molar-refractivity contribution in [1.29, 1.82) is 0 Å². The van der Waals surface area contributed by atoms with Gasteiger partial charge in [0, 0.05) is 19.7 Å². The summed E-state index contributed by atoms with van der Waals surface area (Å²) in [4.78, 5) is 19.8. The molecule has 2 aromatic carbocycles. The number of fused-ring (bicyclic) bond motifs is 1. The number of amides is 1. The lowest BCUT2D eigenvalue weighted by Gasteiger charge is -2.15. The van der Waals surface area contributed by atoms with Crippen molar-refractivity contribution in [1.82, 2.24) is 14.5 Å². The molecule has 1 aromatic heterocycles. The van der Waals surface area contributed by atoms with Gasteiger partial charge >= 0.3 is 0 Å². The van der Waals surface area contributed by atoms with Gasteiger partial charge in [0.15, 0.2) is 11.5 Å². The number of nitrogens with zero attached hydrogens (tertiary/aromatic N) is 3. The molecule has 30 heavy (non-hydrogen) atoms. The molecular weight excluding hydrogens is 418 g/mol. The third kappa shape index (κ3) is 3.80. The van der Waals surface area contributed by atoms with Crippen LogP contribution in [-0.4, -0.2) is 45.4 Å². The van der Waals surface area contributed by atoms with Crippen LogP contribution in [0.1, 0.15) is 11.4 Å². The van der Waals surface area contributed by atoms with Crippen molar-refractivity contribution in [3.63, 3.8) is 0 Å². The molecule has 1 aliphatic heterocycles. The standard InChI is InChI=1S/C22H21N3O3S2/c1-24-16-7-5-4-6-15(16)23-20(24)13-19-21(26)25(22(29)30-19)11-10-14-8-9-17(27-2)18(12-14)28-3/h4-9,12-13H,10-11H2,1-3H3. The highest BCUT2D eigenvalue weighted by atomic mass is 32.2. The van der Waals surface area contributed by atoms with Gasteiger partial charge in [-0.1, -0.05) is 42.2 Å². The Hall–Kier alpha value is -2.84. The number of aromatic nitrogens is 2. The fraction of sp³-hybridized carbons (Fsp3) is 0.227. The molecule has 6 nitrogen and oxygen atoms in total. The van der Waals surface area contributed by atoms with Crippen LogP contribution in [0.5, 0.6) is 11.5 Å². The number of rotatable bonds is 6. The number of para-hydroxylation sites is 2. The third-order valence-corrected chi connectivity index (χ3v) is 6.41. The minimum Gasteiger partial charge on any atom is -0.493 e. The summed E-state index contributed by atoms with van der Waals surface area (Å²) in [6, 6.07) is 13.6. The lowest BCUT2D eigenvalue weighted by atomic mass is 10.1. The number of ether oxygens (including phenoxy) is 2. The molecular formula is C22H21N3O3S2. The number of thioether (sulfide) groups is 1. The Morgan fingerprint density at radius 3 is 2.63 bits per heavy atom. The number of benzene rings is 2. The van der Waals surface area contributed by atoms with Gasteiger partial charge < -0.3 is 14.0 Å². The molecule has 0 N–H and O–H groups in total. The molecule has 0 unspecified atom stereocenters.